The Balaban J connectivity index is 1.65. The summed E-state index contributed by atoms with van der Waals surface area (Å²) in [6, 6.07) is 4.31. The Morgan fingerprint density at radius 2 is 2.18 bits per heavy atom. The van der Waals surface area contributed by atoms with Crippen molar-refractivity contribution in [1.82, 2.24) is 10.3 Å². The van der Waals surface area contributed by atoms with E-state index in [2.05, 4.69) is 5.10 Å². The SMILES string of the molecule is CCN1CCN(c2ccc(N3C[C@H](CNC(=O)C(F)F)OC3=O)cc2F)C=N1. The minimum Gasteiger partial charge on any atom is -0.442 e. The highest BCUT2D eigenvalue weighted by molar-refractivity contribution is 5.90. The van der Waals surface area contributed by atoms with Crippen LogP contribution in [0.15, 0.2) is 23.3 Å². The number of hydrogen-bond acceptors (Lipinski definition) is 6. The van der Waals surface area contributed by atoms with E-state index >= 15 is 0 Å². The van der Waals surface area contributed by atoms with Crippen molar-refractivity contribution in [3.63, 3.8) is 0 Å². The van der Waals surface area contributed by atoms with Gasteiger partial charge >= 0.3 is 12.5 Å². The van der Waals surface area contributed by atoms with Crippen molar-refractivity contribution < 1.29 is 27.5 Å². The van der Waals surface area contributed by atoms with Crippen molar-refractivity contribution >= 4 is 29.7 Å². The fourth-order valence-electron chi connectivity index (χ4n) is 2.92. The molecule has 11 heteroatoms. The Kier molecular flexibility index (Phi) is 5.90. The van der Waals surface area contributed by atoms with E-state index in [0.29, 0.717) is 18.8 Å². The van der Waals surface area contributed by atoms with Crippen LogP contribution in [0.3, 0.4) is 0 Å². The number of halogens is 3. The summed E-state index contributed by atoms with van der Waals surface area (Å²) >= 11 is 0. The molecular weight excluding hydrogens is 379 g/mol. The zero-order valence-electron chi connectivity index (χ0n) is 15.1. The number of carbonyl (C=O) groups is 2. The van der Waals surface area contributed by atoms with Gasteiger partial charge in [-0.3, -0.25) is 14.7 Å². The number of rotatable bonds is 6. The van der Waals surface area contributed by atoms with Crippen LogP contribution in [-0.2, 0) is 9.53 Å². The fraction of sp³-hybridized carbons (Fsp3) is 0.471. The molecule has 0 aliphatic carbocycles. The summed E-state index contributed by atoms with van der Waals surface area (Å²) in [6.07, 6.45) is -3.12. The minimum atomic E-state index is -3.14. The van der Waals surface area contributed by atoms with Crippen molar-refractivity contribution in [3.05, 3.63) is 24.0 Å². The number of benzene rings is 1. The van der Waals surface area contributed by atoms with Crippen LogP contribution in [0.1, 0.15) is 6.92 Å². The average molecular weight is 399 g/mol. The zero-order chi connectivity index (χ0) is 20.3. The second kappa shape index (κ2) is 8.36. The van der Waals surface area contributed by atoms with Crippen molar-refractivity contribution in [2.24, 2.45) is 5.10 Å². The molecule has 1 atom stereocenters. The summed E-state index contributed by atoms with van der Waals surface area (Å²) in [6.45, 7) is 3.75. The second-order valence-electron chi connectivity index (χ2n) is 6.27. The van der Waals surface area contributed by atoms with Gasteiger partial charge in [0.25, 0.3) is 5.91 Å². The van der Waals surface area contributed by atoms with Gasteiger partial charge in [-0.05, 0) is 25.1 Å². The number of hydrazone groups is 1. The van der Waals surface area contributed by atoms with E-state index in [1.807, 2.05) is 17.2 Å². The number of anilines is 2. The van der Waals surface area contributed by atoms with Crippen molar-refractivity contribution in [3.8, 4) is 0 Å². The van der Waals surface area contributed by atoms with E-state index in [4.69, 9.17) is 4.74 Å². The number of ether oxygens (including phenoxy) is 1. The number of nitrogens with zero attached hydrogens (tertiary/aromatic N) is 4. The van der Waals surface area contributed by atoms with E-state index < -0.39 is 30.3 Å². The molecule has 1 saturated heterocycles. The summed E-state index contributed by atoms with van der Waals surface area (Å²) in [5.74, 6) is -1.97. The van der Waals surface area contributed by atoms with Crippen LogP contribution >= 0.6 is 0 Å². The average Bonchev–Trinajstić information content (AvgIpc) is 3.06. The normalized spacial score (nSPS) is 19.4. The molecule has 2 amide bonds. The zero-order valence-corrected chi connectivity index (χ0v) is 15.1. The number of amides is 2. The smallest absolute Gasteiger partial charge is 0.414 e. The van der Waals surface area contributed by atoms with Gasteiger partial charge in [0.05, 0.1) is 31.0 Å². The summed E-state index contributed by atoms with van der Waals surface area (Å²) in [5, 5.41) is 8.06. The Hall–Kier alpha value is -2.98. The summed E-state index contributed by atoms with van der Waals surface area (Å²) < 4.78 is 44.1. The van der Waals surface area contributed by atoms with Gasteiger partial charge in [-0.1, -0.05) is 0 Å². The fourth-order valence-corrected chi connectivity index (χ4v) is 2.92. The molecule has 2 heterocycles. The Morgan fingerprint density at radius 3 is 2.79 bits per heavy atom. The van der Waals surface area contributed by atoms with E-state index in [9.17, 15) is 22.8 Å². The minimum absolute atomic E-state index is 0.0117. The molecular formula is C17H20F3N5O3. The standard InChI is InChI=1S/C17H20F3N5O3/c1-2-24-6-5-23(10-22-24)14-4-3-11(7-13(14)18)25-9-12(28-17(25)27)8-21-16(26)15(19)20/h3-4,7,10,12,15H,2,5-6,8-9H2,1H3,(H,21,26)/t12-/m0/s1. The highest BCUT2D eigenvalue weighted by Gasteiger charge is 2.33. The van der Waals surface area contributed by atoms with Crippen LogP contribution in [0.2, 0.25) is 0 Å². The van der Waals surface area contributed by atoms with Crippen molar-refractivity contribution in [2.75, 3.05) is 42.5 Å². The van der Waals surface area contributed by atoms with Gasteiger partial charge in [-0.25, -0.2) is 9.18 Å². The number of nitrogens with one attached hydrogen (secondary N) is 1. The molecule has 2 aliphatic heterocycles. The van der Waals surface area contributed by atoms with Gasteiger partial charge in [0.2, 0.25) is 0 Å². The molecule has 1 N–H and O–H groups in total. The summed E-state index contributed by atoms with van der Waals surface area (Å²) in [7, 11) is 0. The lowest BCUT2D eigenvalue weighted by molar-refractivity contribution is -0.132. The van der Waals surface area contributed by atoms with E-state index in [1.54, 1.807) is 17.3 Å². The molecule has 1 fully saturated rings. The van der Waals surface area contributed by atoms with Gasteiger partial charge in [0.1, 0.15) is 18.3 Å². The van der Waals surface area contributed by atoms with Gasteiger partial charge in [0.15, 0.2) is 0 Å². The van der Waals surface area contributed by atoms with E-state index in [1.165, 1.54) is 17.0 Å². The molecule has 2 aliphatic rings. The highest BCUT2D eigenvalue weighted by Crippen LogP contribution is 2.28. The lowest BCUT2D eigenvalue weighted by atomic mass is 10.2. The number of cyclic esters (lactones) is 1. The first kappa shape index (κ1) is 19.8. The molecule has 0 spiro atoms. The molecule has 3 rings (SSSR count). The third-order valence-corrected chi connectivity index (χ3v) is 4.45. The van der Waals surface area contributed by atoms with Crippen LogP contribution in [0, 0.1) is 5.82 Å². The first-order chi connectivity index (χ1) is 13.4. The molecule has 0 unspecified atom stereocenters. The van der Waals surface area contributed by atoms with E-state index in [-0.39, 0.29) is 18.8 Å². The maximum atomic E-state index is 14.6. The molecule has 0 aromatic heterocycles. The van der Waals surface area contributed by atoms with Gasteiger partial charge in [0, 0.05) is 13.1 Å². The molecule has 0 saturated carbocycles. The Bertz CT molecular complexity index is 776. The quantitative estimate of drug-likeness (QED) is 0.787. The van der Waals surface area contributed by atoms with Crippen LogP contribution in [0.25, 0.3) is 0 Å². The van der Waals surface area contributed by atoms with Crippen LogP contribution in [-0.4, -0.2) is 68.6 Å². The van der Waals surface area contributed by atoms with E-state index in [0.717, 1.165) is 6.54 Å². The Morgan fingerprint density at radius 1 is 1.39 bits per heavy atom. The van der Waals surface area contributed by atoms with Crippen LogP contribution in [0.5, 0.6) is 0 Å². The van der Waals surface area contributed by atoms with Crippen molar-refractivity contribution in [2.45, 2.75) is 19.5 Å². The molecule has 0 bridgehead atoms. The molecule has 152 valence electrons. The van der Waals surface area contributed by atoms with Gasteiger partial charge < -0.3 is 15.0 Å². The highest BCUT2D eigenvalue weighted by atomic mass is 19.3. The molecule has 8 nitrogen and oxygen atoms in total. The maximum Gasteiger partial charge on any atom is 0.414 e. The predicted molar refractivity (Wildman–Crippen MR) is 96.1 cm³/mol. The third-order valence-electron chi connectivity index (χ3n) is 4.45. The lowest BCUT2D eigenvalue weighted by Crippen LogP contribution is -2.38. The lowest BCUT2D eigenvalue weighted by Gasteiger charge is -2.29. The predicted octanol–water partition coefficient (Wildman–Crippen LogP) is 1.62. The Labute approximate surface area is 159 Å². The third kappa shape index (κ3) is 4.29. The summed E-state index contributed by atoms with van der Waals surface area (Å²) in [4.78, 5) is 25.8. The topological polar surface area (TPSA) is 77.5 Å². The number of alkyl halides is 2. The molecule has 0 radical (unpaired) electrons. The summed E-state index contributed by atoms with van der Waals surface area (Å²) in [5.41, 5.74) is 0.606. The monoisotopic (exact) mass is 399 g/mol. The van der Waals surface area contributed by atoms with Crippen LogP contribution < -0.4 is 15.1 Å². The molecule has 28 heavy (non-hydrogen) atoms. The van der Waals surface area contributed by atoms with Crippen molar-refractivity contribution in [1.29, 1.82) is 0 Å². The first-order valence-corrected chi connectivity index (χ1v) is 8.78. The molecule has 1 aromatic rings. The first-order valence-electron chi connectivity index (χ1n) is 8.78. The van der Waals surface area contributed by atoms with Crippen LogP contribution in [0.4, 0.5) is 29.3 Å². The largest absolute Gasteiger partial charge is 0.442 e. The van der Waals surface area contributed by atoms with Gasteiger partial charge in [-0.15, -0.1) is 0 Å². The maximum absolute atomic E-state index is 14.6. The number of carbonyl (C=O) groups excluding carboxylic acids is 2. The molecule has 1 aromatic carbocycles. The number of hydrogen-bond donors (Lipinski definition) is 1. The second-order valence-corrected chi connectivity index (χ2v) is 6.27. The van der Waals surface area contributed by atoms with Gasteiger partial charge in [-0.2, -0.15) is 13.9 Å². The number of likely N-dealkylation sites (N-methyl/N-ethyl adjacent to an activating group) is 1.